The van der Waals surface area contributed by atoms with Crippen molar-refractivity contribution < 1.29 is 47.7 Å². The van der Waals surface area contributed by atoms with E-state index in [1.807, 2.05) is 0 Å². The van der Waals surface area contributed by atoms with E-state index in [0.29, 0.717) is 0 Å². The number of hydrogen-bond acceptors (Lipinski definition) is 10. The quantitative estimate of drug-likeness (QED) is 0.256. The van der Waals surface area contributed by atoms with Gasteiger partial charge in [-0.15, -0.1) is 0 Å². The molecule has 0 saturated carbocycles. The van der Waals surface area contributed by atoms with Crippen LogP contribution in [0.3, 0.4) is 0 Å². The standard InChI is InChI=1S/C26H24Cl4N2O10/c1-11(33)39-21(23(41-13(3)35)25(37)31-19-7-5-15(27)9-17(19)29)22(40-12(2)34)24(42-14(4)36)26(38)32-20-8-6-16(28)10-18(20)30/h5-10,21-24H,1-4H3,(H,31,37)(H,32,38). The number of anilines is 2. The first-order valence-corrected chi connectivity index (χ1v) is 13.3. The minimum atomic E-state index is -2.08. The third-order valence-corrected chi connectivity index (χ3v) is 6.10. The molecule has 0 heterocycles. The zero-order valence-electron chi connectivity index (χ0n) is 22.4. The van der Waals surface area contributed by atoms with Crippen molar-refractivity contribution in [3.8, 4) is 0 Å². The van der Waals surface area contributed by atoms with E-state index in [-0.39, 0.29) is 31.5 Å². The summed E-state index contributed by atoms with van der Waals surface area (Å²) in [6, 6.07) is 8.10. The van der Waals surface area contributed by atoms with E-state index in [1.54, 1.807) is 0 Å². The molecular formula is C26H24Cl4N2O10. The fourth-order valence-corrected chi connectivity index (χ4v) is 4.38. The molecule has 226 valence electrons. The molecular weight excluding hydrogens is 642 g/mol. The Balaban J connectivity index is 2.64. The van der Waals surface area contributed by atoms with Crippen LogP contribution in [0.1, 0.15) is 27.7 Å². The van der Waals surface area contributed by atoms with Gasteiger partial charge in [0, 0.05) is 37.7 Å². The summed E-state index contributed by atoms with van der Waals surface area (Å²) in [6.07, 6.45) is -8.24. The molecule has 0 radical (unpaired) electrons. The van der Waals surface area contributed by atoms with Crippen molar-refractivity contribution in [1.29, 1.82) is 0 Å². The number of carbonyl (C=O) groups excluding carboxylic acids is 6. The van der Waals surface area contributed by atoms with Crippen molar-refractivity contribution in [3.63, 3.8) is 0 Å². The van der Waals surface area contributed by atoms with Gasteiger partial charge in [0.25, 0.3) is 11.8 Å². The lowest BCUT2D eigenvalue weighted by Crippen LogP contribution is -2.57. The van der Waals surface area contributed by atoms with Crippen molar-refractivity contribution in [2.45, 2.75) is 52.1 Å². The number of rotatable bonds is 11. The third-order valence-electron chi connectivity index (χ3n) is 5.01. The minimum absolute atomic E-state index is 0.00462. The number of hydrogen-bond donors (Lipinski definition) is 2. The summed E-state index contributed by atoms with van der Waals surface area (Å²) in [6.45, 7) is 3.76. The topological polar surface area (TPSA) is 163 Å². The van der Waals surface area contributed by atoms with Crippen LogP contribution >= 0.6 is 46.4 Å². The van der Waals surface area contributed by atoms with E-state index in [1.165, 1.54) is 36.4 Å². The maximum Gasteiger partial charge on any atom is 0.303 e. The van der Waals surface area contributed by atoms with Crippen LogP contribution in [0.4, 0.5) is 11.4 Å². The Morgan fingerprint density at radius 2 is 0.857 bits per heavy atom. The van der Waals surface area contributed by atoms with Crippen LogP contribution < -0.4 is 10.6 Å². The van der Waals surface area contributed by atoms with E-state index >= 15 is 0 Å². The maximum atomic E-state index is 13.4. The highest BCUT2D eigenvalue weighted by Gasteiger charge is 2.49. The average molecular weight is 666 g/mol. The highest BCUT2D eigenvalue weighted by molar-refractivity contribution is 6.37. The van der Waals surface area contributed by atoms with Gasteiger partial charge in [-0.1, -0.05) is 46.4 Å². The lowest BCUT2D eigenvalue weighted by molar-refractivity contribution is -0.198. The van der Waals surface area contributed by atoms with Gasteiger partial charge in [-0.3, -0.25) is 28.8 Å². The van der Waals surface area contributed by atoms with Crippen LogP contribution in [0.5, 0.6) is 0 Å². The summed E-state index contributed by atoms with van der Waals surface area (Å²) in [4.78, 5) is 75.3. The van der Waals surface area contributed by atoms with Crippen molar-refractivity contribution >= 4 is 93.5 Å². The molecule has 16 heteroatoms. The first-order chi connectivity index (χ1) is 19.6. The van der Waals surface area contributed by atoms with Gasteiger partial charge < -0.3 is 29.6 Å². The van der Waals surface area contributed by atoms with Crippen LogP contribution in [-0.2, 0) is 47.7 Å². The predicted molar refractivity (Wildman–Crippen MR) is 152 cm³/mol. The molecule has 0 bridgehead atoms. The van der Waals surface area contributed by atoms with Crippen molar-refractivity contribution in [3.05, 3.63) is 56.5 Å². The van der Waals surface area contributed by atoms with Gasteiger partial charge in [-0.2, -0.15) is 0 Å². The van der Waals surface area contributed by atoms with Crippen molar-refractivity contribution in [2.24, 2.45) is 0 Å². The predicted octanol–water partition coefficient (Wildman–Crippen LogP) is 4.60. The Morgan fingerprint density at radius 3 is 1.12 bits per heavy atom. The summed E-state index contributed by atoms with van der Waals surface area (Å²) in [5, 5.41) is 5.27. The van der Waals surface area contributed by atoms with Gasteiger partial charge in [-0.25, -0.2) is 0 Å². The fraction of sp³-hybridized carbons (Fsp3) is 0.308. The summed E-state index contributed by atoms with van der Waals surface area (Å²) in [7, 11) is 0. The van der Waals surface area contributed by atoms with Gasteiger partial charge in [0.05, 0.1) is 21.4 Å². The Labute approximate surface area is 259 Å². The normalized spacial score (nSPS) is 13.4. The number of halogens is 4. The number of amides is 2. The smallest absolute Gasteiger partial charge is 0.303 e. The number of esters is 4. The molecule has 12 nitrogen and oxygen atoms in total. The zero-order valence-corrected chi connectivity index (χ0v) is 25.4. The maximum absolute atomic E-state index is 13.4. The number of carbonyl (C=O) groups is 6. The van der Waals surface area contributed by atoms with Crippen molar-refractivity contribution in [1.82, 2.24) is 0 Å². The fourth-order valence-electron chi connectivity index (χ4n) is 3.47. The summed E-state index contributed by atoms with van der Waals surface area (Å²) < 4.78 is 20.9. The zero-order chi connectivity index (χ0) is 31.7. The highest BCUT2D eigenvalue weighted by Crippen LogP contribution is 2.29. The van der Waals surface area contributed by atoms with Crippen LogP contribution in [0.25, 0.3) is 0 Å². The molecule has 2 N–H and O–H groups in total. The van der Waals surface area contributed by atoms with Crippen LogP contribution in [-0.4, -0.2) is 60.1 Å². The SMILES string of the molecule is CC(=O)OC(C(=O)Nc1ccc(Cl)cc1Cl)C(OC(C)=O)C(OC(C)=O)C(OC(C)=O)C(=O)Nc1ccc(Cl)cc1Cl. The van der Waals surface area contributed by atoms with Gasteiger partial charge in [0.1, 0.15) is 0 Å². The first-order valence-electron chi connectivity index (χ1n) is 11.8. The second-order valence-electron chi connectivity index (χ2n) is 8.44. The number of benzene rings is 2. The van der Waals surface area contributed by atoms with Gasteiger partial charge in [-0.05, 0) is 36.4 Å². The van der Waals surface area contributed by atoms with Crippen LogP contribution in [0, 0.1) is 0 Å². The Kier molecular flexibility index (Phi) is 12.9. The lowest BCUT2D eigenvalue weighted by atomic mass is 10.00. The molecule has 0 spiro atoms. The van der Waals surface area contributed by atoms with Crippen molar-refractivity contribution in [2.75, 3.05) is 10.6 Å². The third kappa shape index (κ3) is 10.4. The summed E-state index contributed by atoms with van der Waals surface area (Å²) in [5.41, 5.74) is 0.0287. The lowest BCUT2D eigenvalue weighted by Gasteiger charge is -2.34. The second kappa shape index (κ2) is 15.6. The van der Waals surface area contributed by atoms with E-state index in [2.05, 4.69) is 10.6 Å². The molecule has 0 aliphatic heterocycles. The molecule has 0 aliphatic carbocycles. The molecule has 4 unspecified atom stereocenters. The van der Waals surface area contributed by atoms with E-state index in [0.717, 1.165) is 27.7 Å². The highest BCUT2D eigenvalue weighted by atomic mass is 35.5. The summed E-state index contributed by atoms with van der Waals surface area (Å²) in [5.74, 6) is -6.40. The van der Waals surface area contributed by atoms with E-state index in [9.17, 15) is 28.8 Å². The van der Waals surface area contributed by atoms with Gasteiger partial charge >= 0.3 is 23.9 Å². The first kappa shape index (κ1) is 34.6. The van der Waals surface area contributed by atoms with E-state index in [4.69, 9.17) is 65.4 Å². The Hall–Kier alpha value is -3.58. The van der Waals surface area contributed by atoms with Crippen LogP contribution in [0.2, 0.25) is 20.1 Å². The second-order valence-corrected chi connectivity index (χ2v) is 10.1. The molecule has 2 amide bonds. The summed E-state index contributed by atoms with van der Waals surface area (Å²) >= 11 is 24.1. The molecule has 2 aromatic carbocycles. The average Bonchev–Trinajstić information content (AvgIpc) is 2.86. The Bertz CT molecular complexity index is 1280. The van der Waals surface area contributed by atoms with Crippen LogP contribution in [0.15, 0.2) is 36.4 Å². The monoisotopic (exact) mass is 664 g/mol. The molecule has 4 atom stereocenters. The Morgan fingerprint density at radius 1 is 0.548 bits per heavy atom. The van der Waals surface area contributed by atoms with Gasteiger partial charge in [0.2, 0.25) is 12.2 Å². The molecule has 0 aromatic heterocycles. The largest absolute Gasteiger partial charge is 0.454 e. The number of nitrogens with one attached hydrogen (secondary N) is 2. The minimum Gasteiger partial charge on any atom is -0.454 e. The van der Waals surface area contributed by atoms with E-state index < -0.39 is 60.1 Å². The molecule has 0 fully saturated rings. The van der Waals surface area contributed by atoms with Gasteiger partial charge in [0.15, 0.2) is 12.2 Å². The molecule has 2 rings (SSSR count). The number of ether oxygens (including phenoxy) is 4. The molecule has 0 aliphatic rings. The molecule has 0 saturated heterocycles. The molecule has 2 aromatic rings. The molecule has 42 heavy (non-hydrogen) atoms.